The summed E-state index contributed by atoms with van der Waals surface area (Å²) in [4.78, 5) is 0. The van der Waals surface area contributed by atoms with Gasteiger partial charge in [0.15, 0.2) is 0 Å². The van der Waals surface area contributed by atoms with Gasteiger partial charge in [0.2, 0.25) is 0 Å². The van der Waals surface area contributed by atoms with Crippen LogP contribution in [0.5, 0.6) is 0 Å². The molecule has 0 bridgehead atoms. The van der Waals surface area contributed by atoms with E-state index in [-0.39, 0.29) is 5.41 Å². The smallest absolute Gasteiger partial charge is 0.0716 e. The van der Waals surface area contributed by atoms with Gasteiger partial charge in [-0.05, 0) is 36.1 Å². The van der Waals surface area contributed by atoms with Crippen LogP contribution in [0, 0.1) is 0 Å². The number of benzene rings is 1. The Kier molecular flexibility index (Phi) is 3.67. The zero-order chi connectivity index (χ0) is 11.6. The second-order valence-electron chi connectivity index (χ2n) is 4.57. The minimum Gasteiger partial charge on any atom is -0.380 e. The third-order valence-corrected chi connectivity index (χ3v) is 4.13. The predicted molar refractivity (Wildman–Crippen MR) is 69.4 cm³/mol. The normalized spacial score (nSPS) is 18.2. The first-order valence-electron chi connectivity index (χ1n) is 5.70. The van der Waals surface area contributed by atoms with Crippen molar-refractivity contribution in [2.75, 3.05) is 13.7 Å². The van der Waals surface area contributed by atoms with E-state index >= 15 is 0 Å². The topological polar surface area (TPSA) is 35.2 Å². The summed E-state index contributed by atoms with van der Waals surface area (Å²) >= 11 is 3.51. The molecule has 0 saturated heterocycles. The number of ether oxygens (including phenoxy) is 1. The monoisotopic (exact) mass is 283 g/mol. The maximum atomic E-state index is 5.95. The third kappa shape index (κ3) is 2.04. The van der Waals surface area contributed by atoms with E-state index in [1.54, 1.807) is 7.11 Å². The molecule has 0 radical (unpaired) electrons. The quantitative estimate of drug-likeness (QED) is 0.922. The molecular formula is C13H18BrNO. The highest BCUT2D eigenvalue weighted by atomic mass is 79.9. The van der Waals surface area contributed by atoms with Gasteiger partial charge in [-0.2, -0.15) is 0 Å². The van der Waals surface area contributed by atoms with E-state index in [0.717, 1.165) is 11.0 Å². The van der Waals surface area contributed by atoms with Gasteiger partial charge in [0.1, 0.15) is 0 Å². The molecule has 1 aliphatic carbocycles. The Morgan fingerprint density at radius 3 is 2.69 bits per heavy atom. The SMILES string of the molecule is COCc1cc(Br)ccc1C1(CN)CCC1. The molecule has 0 unspecified atom stereocenters. The Hall–Kier alpha value is -0.380. The molecule has 0 spiro atoms. The predicted octanol–water partition coefficient (Wildman–Crippen LogP) is 2.98. The molecule has 2 rings (SSSR count). The van der Waals surface area contributed by atoms with E-state index in [4.69, 9.17) is 10.5 Å². The lowest BCUT2D eigenvalue weighted by Crippen LogP contribution is -2.42. The van der Waals surface area contributed by atoms with E-state index in [2.05, 4.69) is 34.1 Å². The highest BCUT2D eigenvalue weighted by Gasteiger charge is 2.38. The lowest BCUT2D eigenvalue weighted by Gasteiger charge is -2.42. The molecule has 1 saturated carbocycles. The molecule has 1 fully saturated rings. The standard InChI is InChI=1S/C13H18BrNO/c1-16-8-10-7-11(14)3-4-12(10)13(9-15)5-2-6-13/h3-4,7H,2,5-6,8-9,15H2,1H3. The molecule has 2 nitrogen and oxygen atoms in total. The summed E-state index contributed by atoms with van der Waals surface area (Å²) in [7, 11) is 1.74. The average Bonchev–Trinajstić information content (AvgIpc) is 2.20. The van der Waals surface area contributed by atoms with Crippen molar-refractivity contribution in [1.29, 1.82) is 0 Å². The van der Waals surface area contributed by atoms with Gasteiger partial charge in [0.25, 0.3) is 0 Å². The number of nitrogens with two attached hydrogens (primary N) is 1. The zero-order valence-electron chi connectivity index (χ0n) is 9.63. The highest BCUT2D eigenvalue weighted by Crippen LogP contribution is 2.44. The van der Waals surface area contributed by atoms with Crippen LogP contribution < -0.4 is 5.73 Å². The number of hydrogen-bond acceptors (Lipinski definition) is 2. The minimum atomic E-state index is 0.217. The van der Waals surface area contributed by atoms with E-state index in [1.165, 1.54) is 30.4 Å². The first-order valence-corrected chi connectivity index (χ1v) is 6.49. The Bertz CT molecular complexity index is 369. The van der Waals surface area contributed by atoms with Crippen LogP contribution >= 0.6 is 15.9 Å². The summed E-state index contributed by atoms with van der Waals surface area (Å²) in [5.74, 6) is 0. The Morgan fingerprint density at radius 1 is 1.44 bits per heavy atom. The van der Waals surface area contributed by atoms with Crippen molar-refractivity contribution >= 4 is 15.9 Å². The van der Waals surface area contributed by atoms with Crippen molar-refractivity contribution in [3.63, 3.8) is 0 Å². The van der Waals surface area contributed by atoms with E-state index < -0.39 is 0 Å². The van der Waals surface area contributed by atoms with E-state index in [0.29, 0.717) is 6.61 Å². The summed E-state index contributed by atoms with van der Waals surface area (Å²) in [5, 5.41) is 0. The number of hydrogen-bond donors (Lipinski definition) is 1. The second-order valence-corrected chi connectivity index (χ2v) is 5.49. The van der Waals surface area contributed by atoms with Gasteiger partial charge in [0.05, 0.1) is 6.61 Å². The zero-order valence-corrected chi connectivity index (χ0v) is 11.2. The van der Waals surface area contributed by atoms with Crippen LogP contribution in [0.1, 0.15) is 30.4 Å². The molecule has 1 aromatic rings. The van der Waals surface area contributed by atoms with Crippen molar-refractivity contribution < 1.29 is 4.74 Å². The van der Waals surface area contributed by atoms with Crippen LogP contribution in [0.3, 0.4) is 0 Å². The molecular weight excluding hydrogens is 266 g/mol. The fraction of sp³-hybridized carbons (Fsp3) is 0.538. The molecule has 0 aromatic heterocycles. The first kappa shape index (κ1) is 12.1. The summed E-state index contributed by atoms with van der Waals surface area (Å²) in [5.41, 5.74) is 8.81. The molecule has 0 heterocycles. The van der Waals surface area contributed by atoms with Crippen LogP contribution in [-0.4, -0.2) is 13.7 Å². The first-order chi connectivity index (χ1) is 7.72. The third-order valence-electron chi connectivity index (χ3n) is 3.64. The lowest BCUT2D eigenvalue weighted by atomic mass is 9.63. The molecule has 0 aliphatic heterocycles. The van der Waals surface area contributed by atoms with Crippen molar-refractivity contribution in [3.05, 3.63) is 33.8 Å². The highest BCUT2D eigenvalue weighted by molar-refractivity contribution is 9.10. The van der Waals surface area contributed by atoms with Crippen molar-refractivity contribution in [2.45, 2.75) is 31.3 Å². The summed E-state index contributed by atoms with van der Waals surface area (Å²) in [6.45, 7) is 1.40. The van der Waals surface area contributed by atoms with Gasteiger partial charge in [-0.1, -0.05) is 28.4 Å². The van der Waals surface area contributed by atoms with Gasteiger partial charge in [0, 0.05) is 23.5 Å². The molecule has 16 heavy (non-hydrogen) atoms. The maximum Gasteiger partial charge on any atom is 0.0716 e. The van der Waals surface area contributed by atoms with Gasteiger partial charge in [-0.15, -0.1) is 0 Å². The van der Waals surface area contributed by atoms with Gasteiger partial charge in [-0.3, -0.25) is 0 Å². The van der Waals surface area contributed by atoms with Crippen molar-refractivity contribution in [2.24, 2.45) is 5.73 Å². The van der Waals surface area contributed by atoms with Crippen molar-refractivity contribution in [3.8, 4) is 0 Å². The summed E-state index contributed by atoms with van der Waals surface area (Å²) in [6, 6.07) is 6.45. The van der Waals surface area contributed by atoms with Crippen LogP contribution in [0.15, 0.2) is 22.7 Å². The molecule has 3 heteroatoms. The Balaban J connectivity index is 2.38. The van der Waals surface area contributed by atoms with Crippen LogP contribution in [0.2, 0.25) is 0 Å². The Morgan fingerprint density at radius 2 is 2.19 bits per heavy atom. The second kappa shape index (κ2) is 4.86. The fourth-order valence-corrected chi connectivity index (χ4v) is 2.95. The average molecular weight is 284 g/mol. The van der Waals surface area contributed by atoms with Gasteiger partial charge < -0.3 is 10.5 Å². The van der Waals surface area contributed by atoms with Crippen molar-refractivity contribution in [1.82, 2.24) is 0 Å². The molecule has 88 valence electrons. The largest absolute Gasteiger partial charge is 0.380 e. The van der Waals surface area contributed by atoms with Gasteiger partial charge >= 0.3 is 0 Å². The van der Waals surface area contributed by atoms with E-state index in [9.17, 15) is 0 Å². The number of halogens is 1. The lowest BCUT2D eigenvalue weighted by molar-refractivity contribution is 0.178. The molecule has 2 N–H and O–H groups in total. The molecule has 0 atom stereocenters. The van der Waals surface area contributed by atoms with Crippen LogP contribution in [-0.2, 0) is 16.8 Å². The van der Waals surface area contributed by atoms with Crippen LogP contribution in [0.4, 0.5) is 0 Å². The number of rotatable bonds is 4. The maximum absolute atomic E-state index is 5.95. The minimum absolute atomic E-state index is 0.217. The van der Waals surface area contributed by atoms with E-state index in [1.807, 2.05) is 0 Å². The summed E-state index contributed by atoms with van der Waals surface area (Å²) in [6.07, 6.45) is 3.71. The molecule has 1 aliphatic rings. The van der Waals surface area contributed by atoms with Gasteiger partial charge in [-0.25, -0.2) is 0 Å². The molecule has 0 amide bonds. The fourth-order valence-electron chi connectivity index (χ4n) is 2.54. The summed E-state index contributed by atoms with van der Waals surface area (Å²) < 4.78 is 6.38. The molecule has 1 aromatic carbocycles. The van der Waals surface area contributed by atoms with Crippen LogP contribution in [0.25, 0.3) is 0 Å². The Labute approximate surface area is 105 Å². The number of methoxy groups -OCH3 is 1.